The van der Waals surface area contributed by atoms with E-state index in [1.54, 1.807) is 0 Å². The van der Waals surface area contributed by atoms with Gasteiger partial charge in [0.15, 0.2) is 0 Å². The van der Waals surface area contributed by atoms with Crippen LogP contribution in [-0.2, 0) is 0 Å². The maximum atomic E-state index is 2.58. The lowest BCUT2D eigenvalue weighted by atomic mass is 9.94. The average Bonchev–Trinajstić information content (AvgIpc) is 3.98. The second-order valence-corrected chi connectivity index (χ2v) is 15.1. The molecule has 3 heteroatoms. The van der Waals surface area contributed by atoms with Crippen LogP contribution in [0.4, 0.5) is 0 Å². The van der Waals surface area contributed by atoms with Gasteiger partial charge in [-0.05, 0) is 58.7 Å². The first-order chi connectivity index (χ1) is 25.3. The van der Waals surface area contributed by atoms with Crippen LogP contribution in [0.5, 0.6) is 0 Å². The van der Waals surface area contributed by atoms with Gasteiger partial charge in [0.05, 0.1) is 33.1 Å². The van der Waals surface area contributed by atoms with Crippen molar-refractivity contribution in [2.24, 2.45) is 0 Å². The minimum absolute atomic E-state index is 1.23. The van der Waals surface area contributed by atoms with E-state index in [1.807, 2.05) is 11.3 Å². The zero-order valence-corrected chi connectivity index (χ0v) is 28.1. The second-order valence-electron chi connectivity index (χ2n) is 14.0. The Balaban J connectivity index is 1.23. The van der Waals surface area contributed by atoms with Gasteiger partial charge in [-0.25, -0.2) is 0 Å². The van der Waals surface area contributed by atoms with Gasteiger partial charge in [0.1, 0.15) is 0 Å². The van der Waals surface area contributed by atoms with Crippen molar-refractivity contribution < 1.29 is 0 Å². The third-order valence-corrected chi connectivity index (χ3v) is 12.8. The summed E-state index contributed by atoms with van der Waals surface area (Å²) in [7, 11) is 0. The number of hydrogen-bond acceptors (Lipinski definition) is 1. The zero-order valence-electron chi connectivity index (χ0n) is 27.3. The highest BCUT2D eigenvalue weighted by Gasteiger charge is 2.25. The van der Waals surface area contributed by atoms with Crippen molar-refractivity contribution in [1.29, 1.82) is 0 Å². The van der Waals surface area contributed by atoms with Crippen molar-refractivity contribution in [1.82, 2.24) is 8.80 Å². The molecule has 0 aliphatic heterocycles. The highest BCUT2D eigenvalue weighted by atomic mass is 32.1. The molecule has 13 rings (SSSR count). The zero-order chi connectivity index (χ0) is 32.9. The van der Waals surface area contributed by atoms with Crippen LogP contribution in [0, 0.1) is 0 Å². The number of para-hydroxylation sites is 2. The number of hydrogen-bond donors (Lipinski definition) is 0. The molecule has 0 aliphatic carbocycles. The van der Waals surface area contributed by atoms with Gasteiger partial charge in [-0.3, -0.25) is 0 Å². The predicted octanol–water partition coefficient (Wildman–Crippen LogP) is 13.7. The molecule has 5 heterocycles. The van der Waals surface area contributed by atoms with Gasteiger partial charge in [-0.1, -0.05) is 121 Å². The van der Waals surface area contributed by atoms with Gasteiger partial charge in [-0.2, -0.15) is 0 Å². The van der Waals surface area contributed by atoms with Crippen LogP contribution in [-0.4, -0.2) is 8.80 Å². The van der Waals surface area contributed by atoms with E-state index in [1.165, 1.54) is 119 Å². The summed E-state index contributed by atoms with van der Waals surface area (Å²) >= 11 is 1.93. The van der Waals surface area contributed by atoms with E-state index >= 15 is 0 Å². The lowest BCUT2D eigenvalue weighted by molar-refractivity contribution is 1.36. The molecule has 13 aromatic rings. The molecule has 0 bridgehead atoms. The van der Waals surface area contributed by atoms with E-state index in [9.17, 15) is 0 Å². The number of nitrogens with zero attached hydrogens (tertiary/aromatic N) is 2. The van der Waals surface area contributed by atoms with Crippen molar-refractivity contribution in [2.45, 2.75) is 0 Å². The molecule has 0 N–H and O–H groups in total. The number of rotatable bonds is 2. The molecule has 0 radical (unpaired) electrons. The molecule has 0 fully saturated rings. The van der Waals surface area contributed by atoms with Crippen LogP contribution in [0.3, 0.4) is 0 Å². The van der Waals surface area contributed by atoms with Crippen LogP contribution >= 0.6 is 11.3 Å². The molecule has 0 saturated carbocycles. The Kier molecular flexibility index (Phi) is 4.78. The summed E-state index contributed by atoms with van der Waals surface area (Å²) in [6.45, 7) is 0. The van der Waals surface area contributed by atoms with E-state index in [0.717, 1.165) is 0 Å². The predicted molar refractivity (Wildman–Crippen MR) is 220 cm³/mol. The molecule has 0 spiro atoms. The van der Waals surface area contributed by atoms with Gasteiger partial charge < -0.3 is 8.80 Å². The normalized spacial score (nSPS) is 12.7. The van der Waals surface area contributed by atoms with Crippen molar-refractivity contribution in [2.75, 3.05) is 0 Å². The van der Waals surface area contributed by atoms with E-state index in [4.69, 9.17) is 0 Å². The van der Waals surface area contributed by atoms with E-state index < -0.39 is 0 Å². The topological polar surface area (TPSA) is 8.82 Å². The molecular weight excluding hydrogens is 637 g/mol. The smallest absolute Gasteiger partial charge is 0.0635 e. The molecule has 0 atom stereocenters. The molecule has 0 unspecified atom stereocenters. The van der Waals surface area contributed by atoms with Crippen molar-refractivity contribution in [3.05, 3.63) is 158 Å². The van der Waals surface area contributed by atoms with Gasteiger partial charge in [-0.15, -0.1) is 11.3 Å². The van der Waals surface area contributed by atoms with Crippen molar-refractivity contribution in [3.63, 3.8) is 0 Å². The summed E-state index contributed by atoms with van der Waals surface area (Å²) in [6, 6.07) is 58.8. The van der Waals surface area contributed by atoms with Crippen molar-refractivity contribution >= 4 is 108 Å². The van der Waals surface area contributed by atoms with Gasteiger partial charge in [0.2, 0.25) is 0 Å². The fourth-order valence-electron chi connectivity index (χ4n) is 9.47. The number of thiophene rings is 1. The minimum atomic E-state index is 1.23. The summed E-state index contributed by atoms with van der Waals surface area (Å²) in [5.74, 6) is 0. The Morgan fingerprint density at radius 3 is 1.80 bits per heavy atom. The van der Waals surface area contributed by atoms with Crippen LogP contribution in [0.25, 0.3) is 119 Å². The monoisotopic (exact) mass is 662 g/mol. The molecule has 0 aliphatic rings. The summed E-state index contributed by atoms with van der Waals surface area (Å²) in [4.78, 5) is 0. The lowest BCUT2D eigenvalue weighted by Crippen LogP contribution is -1.87. The third-order valence-electron chi connectivity index (χ3n) is 11.6. The van der Waals surface area contributed by atoms with Crippen LogP contribution in [0.2, 0.25) is 0 Å². The van der Waals surface area contributed by atoms with E-state index in [0.29, 0.717) is 0 Å². The first-order valence-corrected chi connectivity index (χ1v) is 18.4. The molecule has 2 nitrogen and oxygen atoms in total. The number of aromatic nitrogens is 2. The molecular formula is C48H26N2S. The van der Waals surface area contributed by atoms with E-state index in [2.05, 4.69) is 167 Å². The third kappa shape index (κ3) is 3.19. The lowest BCUT2D eigenvalue weighted by Gasteiger charge is -2.11. The Labute approximate surface area is 295 Å². The Morgan fingerprint density at radius 2 is 0.961 bits per heavy atom. The average molecular weight is 663 g/mol. The van der Waals surface area contributed by atoms with Gasteiger partial charge >= 0.3 is 0 Å². The Morgan fingerprint density at radius 1 is 0.333 bits per heavy atom. The maximum absolute atomic E-state index is 2.58. The van der Waals surface area contributed by atoms with Crippen LogP contribution in [0.1, 0.15) is 0 Å². The number of fused-ring (bicyclic) bond motifs is 16. The molecule has 51 heavy (non-hydrogen) atoms. The highest BCUT2D eigenvalue weighted by molar-refractivity contribution is 7.26. The highest BCUT2D eigenvalue weighted by Crippen LogP contribution is 2.50. The summed E-state index contributed by atoms with van der Waals surface area (Å²) in [6.07, 6.45) is 0. The summed E-state index contributed by atoms with van der Waals surface area (Å²) in [5.41, 5.74) is 12.7. The van der Waals surface area contributed by atoms with Crippen LogP contribution < -0.4 is 0 Å². The minimum Gasteiger partial charge on any atom is -0.308 e. The largest absolute Gasteiger partial charge is 0.308 e. The van der Waals surface area contributed by atoms with Crippen molar-refractivity contribution in [3.8, 4) is 22.3 Å². The maximum Gasteiger partial charge on any atom is 0.0635 e. The fourth-order valence-corrected chi connectivity index (χ4v) is 10.7. The van der Waals surface area contributed by atoms with Crippen LogP contribution in [0.15, 0.2) is 158 Å². The fraction of sp³-hybridized carbons (Fsp3) is 0. The Hall–Kier alpha value is -6.42. The quantitative estimate of drug-likeness (QED) is 0.174. The standard InChI is InChI=1S/C48H26N2S/c1-2-11-27(12-3-1)29-13-4-5-14-30(29)28-21-22-35-41(23-28)50-43-25-36-34-18-10-17-33-31-15-6-8-19-40(31)49(46(33)34)42(36)26-37(43)38-24-39-32-16-7-9-20-44(32)51-48(39)45(35)47(38)50/h1-26H. The number of benzene rings is 8. The first kappa shape index (κ1) is 26.4. The molecule has 234 valence electrons. The SMILES string of the molecule is c1ccc(-c2ccccc2-c2ccc3c4c5sc6ccccc6c5cc5c6cc7c(cc6n(c3c2)c54)c2cccc3c4ccccc4n7c32)cc1. The second kappa shape index (κ2) is 9.22. The molecule has 0 saturated heterocycles. The van der Waals surface area contributed by atoms with Gasteiger partial charge in [0.25, 0.3) is 0 Å². The molecule has 0 amide bonds. The first-order valence-electron chi connectivity index (χ1n) is 17.6. The summed E-state index contributed by atoms with van der Waals surface area (Å²) < 4.78 is 7.81. The molecule has 5 aromatic heterocycles. The summed E-state index contributed by atoms with van der Waals surface area (Å²) in [5, 5.41) is 13.3. The van der Waals surface area contributed by atoms with E-state index in [-0.39, 0.29) is 0 Å². The molecule has 8 aromatic carbocycles. The van der Waals surface area contributed by atoms with Gasteiger partial charge in [0, 0.05) is 63.3 Å². The Bertz CT molecular complexity index is 3580.